The number of benzene rings is 1. The molecule has 1 saturated carbocycles. The highest BCUT2D eigenvalue weighted by Crippen LogP contribution is 2.31. The van der Waals surface area contributed by atoms with Crippen LogP contribution in [0.1, 0.15) is 25.7 Å². The molecule has 0 aliphatic heterocycles. The summed E-state index contributed by atoms with van der Waals surface area (Å²) < 4.78 is 2.19. The van der Waals surface area contributed by atoms with Crippen LogP contribution in [-0.4, -0.2) is 28.1 Å². The van der Waals surface area contributed by atoms with Gasteiger partial charge in [-0.05, 0) is 43.2 Å². The van der Waals surface area contributed by atoms with E-state index in [-0.39, 0.29) is 17.7 Å². The van der Waals surface area contributed by atoms with E-state index in [0.717, 1.165) is 13.0 Å². The van der Waals surface area contributed by atoms with Gasteiger partial charge in [0.25, 0.3) is 0 Å². The van der Waals surface area contributed by atoms with Crippen LogP contribution in [-0.2, 0) is 16.1 Å². The van der Waals surface area contributed by atoms with E-state index in [1.54, 1.807) is 0 Å². The molecule has 1 aromatic heterocycles. The molecular formula is C18H22N2O3. The molecule has 2 N–H and O–H groups in total. The summed E-state index contributed by atoms with van der Waals surface area (Å²) >= 11 is 0. The summed E-state index contributed by atoms with van der Waals surface area (Å²) in [4.78, 5) is 23.0. The van der Waals surface area contributed by atoms with Gasteiger partial charge in [-0.1, -0.05) is 18.2 Å². The first-order valence-electron chi connectivity index (χ1n) is 8.19. The van der Waals surface area contributed by atoms with Crippen molar-refractivity contribution >= 4 is 22.8 Å². The number of para-hydroxylation sites is 1. The number of nitrogens with one attached hydrogen (secondary N) is 1. The van der Waals surface area contributed by atoms with Crippen LogP contribution >= 0.6 is 0 Å². The zero-order valence-corrected chi connectivity index (χ0v) is 13.1. The lowest BCUT2D eigenvalue weighted by Gasteiger charge is -2.11. The topological polar surface area (TPSA) is 71.3 Å². The maximum atomic E-state index is 12.1. The Labute approximate surface area is 135 Å². The van der Waals surface area contributed by atoms with Gasteiger partial charge in [-0.25, -0.2) is 0 Å². The number of rotatable bonds is 6. The number of hydrogen-bond acceptors (Lipinski definition) is 2. The van der Waals surface area contributed by atoms with Gasteiger partial charge >= 0.3 is 5.97 Å². The molecule has 5 nitrogen and oxygen atoms in total. The second-order valence-corrected chi connectivity index (χ2v) is 6.26. The van der Waals surface area contributed by atoms with E-state index in [0.29, 0.717) is 25.8 Å². The molecule has 5 heteroatoms. The fourth-order valence-corrected chi connectivity index (χ4v) is 3.38. The van der Waals surface area contributed by atoms with Crippen LogP contribution in [0.5, 0.6) is 0 Å². The van der Waals surface area contributed by atoms with Crippen molar-refractivity contribution in [2.45, 2.75) is 32.2 Å². The highest BCUT2D eigenvalue weighted by molar-refractivity contribution is 5.81. The van der Waals surface area contributed by atoms with Crippen molar-refractivity contribution < 1.29 is 14.7 Å². The lowest BCUT2D eigenvalue weighted by molar-refractivity contribution is -0.141. The van der Waals surface area contributed by atoms with Crippen molar-refractivity contribution in [1.82, 2.24) is 9.88 Å². The van der Waals surface area contributed by atoms with Gasteiger partial charge in [0.15, 0.2) is 0 Å². The molecule has 1 fully saturated rings. The van der Waals surface area contributed by atoms with Crippen LogP contribution in [0.3, 0.4) is 0 Å². The largest absolute Gasteiger partial charge is 0.481 e. The second kappa shape index (κ2) is 6.86. The number of fused-ring (bicyclic) bond motifs is 1. The summed E-state index contributed by atoms with van der Waals surface area (Å²) in [6.07, 6.45) is 4.71. The van der Waals surface area contributed by atoms with Gasteiger partial charge in [0.05, 0.1) is 5.92 Å². The highest BCUT2D eigenvalue weighted by Gasteiger charge is 2.33. The average molecular weight is 314 g/mol. The first-order chi connectivity index (χ1) is 11.1. The van der Waals surface area contributed by atoms with E-state index in [1.807, 2.05) is 12.1 Å². The number of aliphatic carboxylic acids is 1. The molecule has 1 heterocycles. The third-order valence-corrected chi connectivity index (χ3v) is 4.71. The zero-order valence-electron chi connectivity index (χ0n) is 13.1. The molecule has 0 radical (unpaired) electrons. The molecule has 1 amide bonds. The fourth-order valence-electron chi connectivity index (χ4n) is 3.38. The molecule has 23 heavy (non-hydrogen) atoms. The SMILES string of the molecule is O=C(O)[C@@H]1CC[C@H](C(=O)NCCCn2ccc3ccccc32)C1. The molecule has 1 aliphatic carbocycles. The van der Waals surface area contributed by atoms with Crippen molar-refractivity contribution in [2.24, 2.45) is 11.8 Å². The third kappa shape index (κ3) is 3.55. The van der Waals surface area contributed by atoms with Gasteiger partial charge in [-0.2, -0.15) is 0 Å². The molecule has 2 aromatic rings. The van der Waals surface area contributed by atoms with Crippen LogP contribution in [0.25, 0.3) is 10.9 Å². The maximum Gasteiger partial charge on any atom is 0.306 e. The zero-order chi connectivity index (χ0) is 16.2. The summed E-state index contributed by atoms with van der Waals surface area (Å²) in [7, 11) is 0. The number of nitrogens with zero attached hydrogens (tertiary/aromatic N) is 1. The van der Waals surface area contributed by atoms with Gasteiger partial charge in [0.2, 0.25) is 5.91 Å². The van der Waals surface area contributed by atoms with Crippen LogP contribution in [0.15, 0.2) is 36.5 Å². The Balaban J connectivity index is 1.43. The first kappa shape index (κ1) is 15.6. The smallest absolute Gasteiger partial charge is 0.306 e. The summed E-state index contributed by atoms with van der Waals surface area (Å²) in [6, 6.07) is 10.3. The van der Waals surface area contributed by atoms with Crippen molar-refractivity contribution in [3.05, 3.63) is 36.5 Å². The van der Waals surface area contributed by atoms with Crippen LogP contribution in [0.2, 0.25) is 0 Å². The van der Waals surface area contributed by atoms with Gasteiger partial charge < -0.3 is 15.0 Å². The minimum Gasteiger partial charge on any atom is -0.481 e. The molecule has 0 unspecified atom stereocenters. The Kier molecular flexibility index (Phi) is 4.65. The quantitative estimate of drug-likeness (QED) is 0.805. The predicted octanol–water partition coefficient (Wildman–Crippen LogP) is 2.65. The Morgan fingerprint density at radius 1 is 1.17 bits per heavy atom. The third-order valence-electron chi connectivity index (χ3n) is 4.71. The first-order valence-corrected chi connectivity index (χ1v) is 8.19. The monoisotopic (exact) mass is 314 g/mol. The minimum absolute atomic E-state index is 0.00566. The van der Waals surface area contributed by atoms with Gasteiger partial charge in [0, 0.05) is 30.7 Å². The number of hydrogen-bond donors (Lipinski definition) is 2. The summed E-state index contributed by atoms with van der Waals surface area (Å²) in [5, 5.41) is 13.2. The molecule has 0 bridgehead atoms. The van der Waals surface area contributed by atoms with Crippen molar-refractivity contribution in [3.8, 4) is 0 Å². The number of aryl methyl sites for hydroxylation is 1. The molecule has 1 aliphatic rings. The van der Waals surface area contributed by atoms with Gasteiger partial charge in [-0.15, -0.1) is 0 Å². The number of aromatic nitrogens is 1. The van der Waals surface area contributed by atoms with Gasteiger partial charge in [0.1, 0.15) is 0 Å². The number of carbonyl (C=O) groups is 2. The van der Waals surface area contributed by atoms with Crippen LogP contribution in [0, 0.1) is 11.8 Å². The van der Waals surface area contributed by atoms with Crippen molar-refractivity contribution in [3.63, 3.8) is 0 Å². The standard InChI is InChI=1S/C18H22N2O3/c21-17(14-6-7-15(12-14)18(22)23)19-9-3-10-20-11-8-13-4-1-2-5-16(13)20/h1-2,4-5,8,11,14-15H,3,6-7,9-10,12H2,(H,19,21)(H,22,23)/t14-,15+/m0/s1. The second-order valence-electron chi connectivity index (χ2n) is 6.26. The Bertz CT molecular complexity index is 707. The Morgan fingerprint density at radius 2 is 1.96 bits per heavy atom. The average Bonchev–Trinajstić information content (AvgIpc) is 3.19. The molecular weight excluding hydrogens is 292 g/mol. The predicted molar refractivity (Wildman–Crippen MR) is 88.0 cm³/mol. The summed E-state index contributed by atoms with van der Waals surface area (Å²) in [5.74, 6) is -1.26. The lowest BCUT2D eigenvalue weighted by atomic mass is 10.0. The molecule has 122 valence electrons. The number of carboxylic acid groups (broad SMARTS) is 1. The van der Waals surface area contributed by atoms with E-state index in [4.69, 9.17) is 5.11 Å². The normalized spacial score (nSPS) is 20.7. The van der Waals surface area contributed by atoms with Crippen molar-refractivity contribution in [1.29, 1.82) is 0 Å². The number of carboxylic acids is 1. The maximum absolute atomic E-state index is 12.1. The molecule has 0 saturated heterocycles. The summed E-state index contributed by atoms with van der Waals surface area (Å²) in [6.45, 7) is 1.48. The number of amides is 1. The highest BCUT2D eigenvalue weighted by atomic mass is 16.4. The molecule has 2 atom stereocenters. The van der Waals surface area contributed by atoms with Crippen molar-refractivity contribution in [2.75, 3.05) is 6.54 Å². The lowest BCUT2D eigenvalue weighted by Crippen LogP contribution is -2.31. The molecule has 1 aromatic carbocycles. The van der Waals surface area contributed by atoms with Crippen LogP contribution in [0.4, 0.5) is 0 Å². The number of carbonyl (C=O) groups excluding carboxylic acids is 1. The Hall–Kier alpha value is -2.30. The molecule has 0 spiro atoms. The molecule has 3 rings (SSSR count). The minimum atomic E-state index is -0.778. The fraction of sp³-hybridized carbons (Fsp3) is 0.444. The van der Waals surface area contributed by atoms with E-state index in [1.165, 1.54) is 10.9 Å². The van der Waals surface area contributed by atoms with E-state index >= 15 is 0 Å². The Morgan fingerprint density at radius 3 is 2.74 bits per heavy atom. The van der Waals surface area contributed by atoms with E-state index in [2.05, 4.69) is 34.3 Å². The summed E-state index contributed by atoms with van der Waals surface area (Å²) in [5.41, 5.74) is 1.21. The van der Waals surface area contributed by atoms with Gasteiger partial charge in [-0.3, -0.25) is 9.59 Å². The van der Waals surface area contributed by atoms with Crippen LogP contribution < -0.4 is 5.32 Å². The van der Waals surface area contributed by atoms with E-state index in [9.17, 15) is 9.59 Å². The van der Waals surface area contributed by atoms with E-state index < -0.39 is 5.97 Å².